The first-order valence-electron chi connectivity index (χ1n) is 9.83. The Morgan fingerprint density at radius 2 is 1.86 bits per heavy atom. The van der Waals surface area contributed by atoms with Gasteiger partial charge in [-0.25, -0.2) is 13.6 Å². The number of carbonyl (C=O) groups is 1. The normalized spacial score (nSPS) is 30.0. The van der Waals surface area contributed by atoms with Crippen molar-refractivity contribution in [3.05, 3.63) is 29.8 Å². The molecule has 2 heterocycles. The second-order valence-corrected chi connectivity index (χ2v) is 10.8. The number of likely N-dealkylation sites (tertiary alicyclic amines) is 1. The topological polar surface area (TPSA) is 92.9 Å². The molecule has 0 aromatic heterocycles. The van der Waals surface area contributed by atoms with Gasteiger partial charge in [0.05, 0.1) is 18.1 Å². The van der Waals surface area contributed by atoms with Gasteiger partial charge in [0.25, 0.3) is 5.91 Å². The van der Waals surface area contributed by atoms with Crippen molar-refractivity contribution in [3.8, 4) is 0 Å². The summed E-state index contributed by atoms with van der Waals surface area (Å²) in [6.45, 7) is 10.6. The number of sulfonamides is 1. The molecule has 0 bridgehead atoms. The molecular weight excluding hydrogens is 378 g/mol. The fraction of sp³-hybridized carbons (Fsp3) is 0.650. The van der Waals surface area contributed by atoms with Crippen LogP contribution in [0.25, 0.3) is 0 Å². The number of rotatable bonds is 4. The van der Waals surface area contributed by atoms with Gasteiger partial charge in [-0.1, -0.05) is 13.8 Å². The summed E-state index contributed by atoms with van der Waals surface area (Å²) in [5.41, 5.74) is 0.892. The van der Waals surface area contributed by atoms with Gasteiger partial charge in [-0.15, -0.1) is 0 Å². The molecule has 1 saturated carbocycles. The summed E-state index contributed by atoms with van der Waals surface area (Å²) in [6, 6.07) is 5.92. The second kappa shape index (κ2) is 6.79. The zero-order valence-corrected chi connectivity index (χ0v) is 17.4. The number of morpholine rings is 1. The molecule has 1 aliphatic carbocycles. The number of nitrogens with zero attached hydrogens (tertiary/aromatic N) is 2. The molecule has 2 saturated heterocycles. The van der Waals surface area contributed by atoms with Crippen LogP contribution in [0.15, 0.2) is 29.2 Å². The number of carbonyl (C=O) groups excluding carboxylic acids is 1. The van der Waals surface area contributed by atoms with E-state index in [1.54, 1.807) is 12.1 Å². The fourth-order valence-electron chi connectivity index (χ4n) is 5.67. The predicted octanol–water partition coefficient (Wildman–Crippen LogP) is 1.15. The standard InChI is InChI=1S/C20H29N3O4S/c1-19(2)12-20(13-22-7-9-27-10-8-22)14-23(11-17(19)20)18(24)15-3-5-16(6-4-15)28(21,25)26/h3-6,17H,7-14H2,1-2H3,(H2,21,25,26)/t17-,20+/m1/s1. The van der Waals surface area contributed by atoms with E-state index in [-0.39, 0.29) is 21.6 Å². The van der Waals surface area contributed by atoms with Gasteiger partial charge in [0.2, 0.25) is 10.0 Å². The monoisotopic (exact) mass is 407 g/mol. The highest BCUT2D eigenvalue weighted by atomic mass is 32.2. The number of hydrogen-bond acceptors (Lipinski definition) is 5. The van der Waals surface area contributed by atoms with Crippen LogP contribution in [0.2, 0.25) is 0 Å². The first kappa shape index (κ1) is 19.8. The summed E-state index contributed by atoms with van der Waals surface area (Å²) in [7, 11) is -3.75. The Bertz CT molecular complexity index is 862. The van der Waals surface area contributed by atoms with Crippen molar-refractivity contribution in [2.45, 2.75) is 25.2 Å². The highest BCUT2D eigenvalue weighted by Crippen LogP contribution is 2.63. The third-order valence-electron chi connectivity index (χ3n) is 6.76. The van der Waals surface area contributed by atoms with Gasteiger partial charge in [0.15, 0.2) is 0 Å². The Morgan fingerprint density at radius 3 is 2.43 bits per heavy atom. The molecule has 3 fully saturated rings. The smallest absolute Gasteiger partial charge is 0.253 e. The summed E-state index contributed by atoms with van der Waals surface area (Å²) >= 11 is 0. The van der Waals surface area contributed by atoms with Gasteiger partial charge >= 0.3 is 0 Å². The molecule has 0 radical (unpaired) electrons. The van der Waals surface area contributed by atoms with Gasteiger partial charge in [-0.05, 0) is 42.0 Å². The first-order chi connectivity index (χ1) is 13.1. The van der Waals surface area contributed by atoms with Crippen LogP contribution in [0.5, 0.6) is 0 Å². The number of nitrogens with two attached hydrogens (primary N) is 1. The molecule has 2 N–H and O–H groups in total. The van der Waals surface area contributed by atoms with Crippen LogP contribution < -0.4 is 5.14 Å². The summed E-state index contributed by atoms with van der Waals surface area (Å²) in [5, 5.41) is 5.15. The van der Waals surface area contributed by atoms with E-state index in [2.05, 4.69) is 18.7 Å². The number of amides is 1. The minimum atomic E-state index is -3.75. The molecule has 154 valence electrons. The quantitative estimate of drug-likeness (QED) is 0.808. The maximum absolute atomic E-state index is 13.1. The molecular formula is C20H29N3O4S. The predicted molar refractivity (Wildman–Crippen MR) is 105 cm³/mol. The van der Waals surface area contributed by atoms with Crippen molar-refractivity contribution in [1.82, 2.24) is 9.80 Å². The van der Waals surface area contributed by atoms with Gasteiger partial charge in [-0.3, -0.25) is 9.69 Å². The zero-order valence-electron chi connectivity index (χ0n) is 16.6. The average molecular weight is 408 g/mol. The average Bonchev–Trinajstić information content (AvgIpc) is 2.96. The van der Waals surface area contributed by atoms with Gasteiger partial charge in [0, 0.05) is 43.7 Å². The van der Waals surface area contributed by atoms with Crippen molar-refractivity contribution in [2.75, 3.05) is 45.9 Å². The van der Waals surface area contributed by atoms with E-state index in [9.17, 15) is 13.2 Å². The Morgan fingerprint density at radius 1 is 1.21 bits per heavy atom. The van der Waals surface area contributed by atoms with Gasteiger partial charge in [-0.2, -0.15) is 0 Å². The van der Waals surface area contributed by atoms with E-state index in [1.807, 2.05) is 4.90 Å². The Labute approximate surface area is 166 Å². The van der Waals surface area contributed by atoms with E-state index in [0.29, 0.717) is 11.5 Å². The molecule has 2 aliphatic heterocycles. The van der Waals surface area contributed by atoms with Crippen LogP contribution >= 0.6 is 0 Å². The summed E-state index contributed by atoms with van der Waals surface area (Å²) in [4.78, 5) is 17.5. The molecule has 2 atom stereocenters. The lowest BCUT2D eigenvalue weighted by molar-refractivity contribution is -0.0966. The van der Waals surface area contributed by atoms with Crippen molar-refractivity contribution < 1.29 is 17.9 Å². The molecule has 1 amide bonds. The molecule has 4 rings (SSSR count). The van der Waals surface area contributed by atoms with Crippen LogP contribution in [0, 0.1) is 16.7 Å². The number of primary sulfonamides is 1. The maximum Gasteiger partial charge on any atom is 0.253 e. The number of ether oxygens (including phenoxy) is 1. The maximum atomic E-state index is 13.1. The van der Waals surface area contributed by atoms with E-state index >= 15 is 0 Å². The fourth-order valence-corrected chi connectivity index (χ4v) is 6.18. The van der Waals surface area contributed by atoms with Crippen molar-refractivity contribution in [1.29, 1.82) is 0 Å². The second-order valence-electron chi connectivity index (χ2n) is 9.22. The Hall–Kier alpha value is -1.48. The van der Waals surface area contributed by atoms with Crippen LogP contribution in [0.4, 0.5) is 0 Å². The lowest BCUT2D eigenvalue weighted by atomic mass is 9.48. The molecule has 0 unspecified atom stereocenters. The summed E-state index contributed by atoms with van der Waals surface area (Å²) in [5.74, 6) is 0.447. The molecule has 3 aliphatic rings. The SMILES string of the molecule is CC1(C)C[C@]2(CN3CCOCC3)CN(C(=O)c3ccc(S(N)(=O)=O)cc3)C[C@H]12. The molecule has 0 spiro atoms. The Kier molecular flexibility index (Phi) is 4.81. The van der Waals surface area contributed by atoms with Gasteiger partial charge in [0.1, 0.15) is 0 Å². The lowest BCUT2D eigenvalue weighted by Crippen LogP contribution is -2.59. The van der Waals surface area contributed by atoms with E-state index in [1.165, 1.54) is 12.1 Å². The van der Waals surface area contributed by atoms with Gasteiger partial charge < -0.3 is 9.64 Å². The van der Waals surface area contributed by atoms with Crippen LogP contribution in [0.1, 0.15) is 30.6 Å². The molecule has 1 aromatic carbocycles. The highest BCUT2D eigenvalue weighted by Gasteiger charge is 2.63. The minimum Gasteiger partial charge on any atom is -0.379 e. The Balaban J connectivity index is 1.51. The zero-order chi connectivity index (χ0) is 20.2. The van der Waals surface area contributed by atoms with Crippen molar-refractivity contribution >= 4 is 15.9 Å². The van der Waals surface area contributed by atoms with Crippen molar-refractivity contribution in [2.24, 2.45) is 21.9 Å². The van der Waals surface area contributed by atoms with Crippen LogP contribution in [-0.2, 0) is 14.8 Å². The van der Waals surface area contributed by atoms with E-state index < -0.39 is 10.0 Å². The largest absolute Gasteiger partial charge is 0.379 e. The molecule has 28 heavy (non-hydrogen) atoms. The highest BCUT2D eigenvalue weighted by molar-refractivity contribution is 7.89. The number of benzene rings is 1. The molecule has 1 aromatic rings. The van der Waals surface area contributed by atoms with Crippen LogP contribution in [0.3, 0.4) is 0 Å². The number of hydrogen-bond donors (Lipinski definition) is 1. The van der Waals surface area contributed by atoms with Crippen molar-refractivity contribution in [3.63, 3.8) is 0 Å². The van der Waals surface area contributed by atoms with E-state index in [0.717, 1.165) is 52.4 Å². The molecule has 8 heteroatoms. The van der Waals surface area contributed by atoms with Crippen LogP contribution in [-0.4, -0.2) is 70.1 Å². The number of fused-ring (bicyclic) bond motifs is 1. The third-order valence-corrected chi connectivity index (χ3v) is 7.69. The summed E-state index contributed by atoms with van der Waals surface area (Å²) < 4.78 is 28.3. The molecule has 7 nitrogen and oxygen atoms in total. The first-order valence-corrected chi connectivity index (χ1v) is 11.4. The van der Waals surface area contributed by atoms with E-state index in [4.69, 9.17) is 9.88 Å². The minimum absolute atomic E-state index is 0.0236. The third kappa shape index (κ3) is 3.47. The summed E-state index contributed by atoms with van der Waals surface area (Å²) in [6.07, 6.45) is 1.12. The lowest BCUT2D eigenvalue weighted by Gasteiger charge is -2.58.